The van der Waals surface area contributed by atoms with Gasteiger partial charge in [-0.2, -0.15) is 0 Å². The molecule has 0 spiro atoms. The third-order valence-corrected chi connectivity index (χ3v) is 2.47. The molecule has 0 saturated heterocycles. The summed E-state index contributed by atoms with van der Waals surface area (Å²) in [5, 5.41) is 28.4. The molecule has 0 radical (unpaired) electrons. The van der Waals surface area contributed by atoms with E-state index in [1.165, 1.54) is 0 Å². The topological polar surface area (TPSA) is 60.7 Å². The molecule has 0 aliphatic carbocycles. The van der Waals surface area contributed by atoms with Gasteiger partial charge in [0, 0.05) is 11.1 Å². The van der Waals surface area contributed by atoms with Crippen molar-refractivity contribution in [1.82, 2.24) is 0 Å². The van der Waals surface area contributed by atoms with E-state index in [9.17, 15) is 10.2 Å². The Balaban J connectivity index is 3.42. The van der Waals surface area contributed by atoms with Gasteiger partial charge in [-0.3, -0.25) is 0 Å². The van der Waals surface area contributed by atoms with Crippen molar-refractivity contribution in [3.05, 3.63) is 22.8 Å². The molecular weight excluding hydrogens is 180 g/mol. The molecule has 0 saturated carbocycles. The molecular formula is C11H16O3. The van der Waals surface area contributed by atoms with Gasteiger partial charge in [-0.25, -0.2) is 0 Å². The van der Waals surface area contributed by atoms with E-state index in [0.717, 1.165) is 0 Å². The number of rotatable bonds is 2. The van der Waals surface area contributed by atoms with Gasteiger partial charge in [-0.1, -0.05) is 13.8 Å². The van der Waals surface area contributed by atoms with Gasteiger partial charge in [0.25, 0.3) is 0 Å². The van der Waals surface area contributed by atoms with Crippen molar-refractivity contribution in [3.63, 3.8) is 0 Å². The fourth-order valence-corrected chi connectivity index (χ4v) is 1.46. The number of phenolic OH excluding ortho intramolecular Hbond substituents is 1. The molecule has 0 aromatic heterocycles. The zero-order valence-electron chi connectivity index (χ0n) is 8.70. The van der Waals surface area contributed by atoms with Crippen LogP contribution in [0.1, 0.15) is 36.5 Å². The summed E-state index contributed by atoms with van der Waals surface area (Å²) in [4.78, 5) is 0. The Kier molecular flexibility index (Phi) is 3.01. The van der Waals surface area contributed by atoms with Crippen LogP contribution in [0.3, 0.4) is 0 Å². The van der Waals surface area contributed by atoms with E-state index in [0.29, 0.717) is 16.7 Å². The Labute approximate surface area is 83.6 Å². The smallest absolute Gasteiger partial charge is 0.125 e. The van der Waals surface area contributed by atoms with Crippen molar-refractivity contribution in [2.45, 2.75) is 33.3 Å². The maximum Gasteiger partial charge on any atom is 0.125 e. The minimum Gasteiger partial charge on any atom is -0.508 e. The predicted molar refractivity (Wildman–Crippen MR) is 54.5 cm³/mol. The third-order valence-electron chi connectivity index (χ3n) is 2.47. The van der Waals surface area contributed by atoms with Crippen molar-refractivity contribution >= 4 is 0 Å². The maximum absolute atomic E-state index is 9.79. The first-order chi connectivity index (χ1) is 6.49. The summed E-state index contributed by atoms with van der Waals surface area (Å²) >= 11 is 0. The number of benzene rings is 1. The van der Waals surface area contributed by atoms with E-state index >= 15 is 0 Å². The van der Waals surface area contributed by atoms with Crippen molar-refractivity contribution < 1.29 is 15.3 Å². The van der Waals surface area contributed by atoms with Crippen LogP contribution in [0, 0.1) is 6.92 Å². The summed E-state index contributed by atoms with van der Waals surface area (Å²) in [7, 11) is 0. The SMILES string of the molecule is Cc1c(O)cc(C(C)C)c(O)c1CO. The minimum atomic E-state index is -0.258. The summed E-state index contributed by atoms with van der Waals surface area (Å²) in [5.74, 6) is 0.333. The molecule has 0 heterocycles. The second-order valence-electron chi connectivity index (χ2n) is 3.75. The number of aliphatic hydroxyl groups is 1. The van der Waals surface area contributed by atoms with E-state index in [1.807, 2.05) is 13.8 Å². The highest BCUT2D eigenvalue weighted by Gasteiger charge is 2.15. The van der Waals surface area contributed by atoms with Crippen LogP contribution in [0.5, 0.6) is 11.5 Å². The van der Waals surface area contributed by atoms with Crippen molar-refractivity contribution in [1.29, 1.82) is 0 Å². The summed E-state index contributed by atoms with van der Waals surface area (Å²) in [6.45, 7) is 5.26. The highest BCUT2D eigenvalue weighted by atomic mass is 16.3. The lowest BCUT2D eigenvalue weighted by Gasteiger charge is -2.15. The number of phenols is 2. The Morgan fingerprint density at radius 1 is 1.29 bits per heavy atom. The fourth-order valence-electron chi connectivity index (χ4n) is 1.46. The first kappa shape index (κ1) is 10.9. The molecule has 78 valence electrons. The Bertz CT molecular complexity index is 343. The Hall–Kier alpha value is -1.22. The largest absolute Gasteiger partial charge is 0.508 e. The molecule has 0 bridgehead atoms. The molecule has 0 atom stereocenters. The van der Waals surface area contributed by atoms with Gasteiger partial charge in [0.05, 0.1) is 6.61 Å². The highest BCUT2D eigenvalue weighted by molar-refractivity contribution is 5.52. The molecule has 3 nitrogen and oxygen atoms in total. The second-order valence-corrected chi connectivity index (χ2v) is 3.75. The molecule has 0 fully saturated rings. The predicted octanol–water partition coefficient (Wildman–Crippen LogP) is 2.02. The summed E-state index contributed by atoms with van der Waals surface area (Å²) in [5.41, 5.74) is 1.61. The number of hydrogen-bond acceptors (Lipinski definition) is 3. The fraction of sp³-hybridized carbons (Fsp3) is 0.455. The standard InChI is InChI=1S/C11H16O3/c1-6(2)8-4-10(13)7(3)9(5-12)11(8)14/h4,6,12-14H,5H2,1-3H3. The van der Waals surface area contributed by atoms with Crippen molar-refractivity contribution in [3.8, 4) is 11.5 Å². The van der Waals surface area contributed by atoms with Gasteiger partial charge >= 0.3 is 0 Å². The molecule has 1 aromatic carbocycles. The lowest BCUT2D eigenvalue weighted by atomic mass is 9.95. The quantitative estimate of drug-likeness (QED) is 0.634. The van der Waals surface area contributed by atoms with Gasteiger partial charge in [-0.05, 0) is 24.5 Å². The Morgan fingerprint density at radius 2 is 1.86 bits per heavy atom. The van der Waals surface area contributed by atoms with Crippen LogP contribution in [0.15, 0.2) is 6.07 Å². The average molecular weight is 196 g/mol. The van der Waals surface area contributed by atoms with Crippen molar-refractivity contribution in [2.24, 2.45) is 0 Å². The van der Waals surface area contributed by atoms with Gasteiger partial charge in [0.1, 0.15) is 11.5 Å². The molecule has 1 rings (SSSR count). The maximum atomic E-state index is 9.79. The molecule has 3 N–H and O–H groups in total. The zero-order chi connectivity index (χ0) is 10.9. The van der Waals surface area contributed by atoms with Crippen molar-refractivity contribution in [2.75, 3.05) is 0 Å². The van der Waals surface area contributed by atoms with Gasteiger partial charge in [0.15, 0.2) is 0 Å². The molecule has 0 aliphatic rings. The van der Waals surface area contributed by atoms with Crippen LogP contribution in [0.4, 0.5) is 0 Å². The van der Waals surface area contributed by atoms with Gasteiger partial charge < -0.3 is 15.3 Å². The first-order valence-corrected chi connectivity index (χ1v) is 4.64. The normalized spacial score (nSPS) is 10.9. The van der Waals surface area contributed by atoms with Crippen LogP contribution in [-0.4, -0.2) is 15.3 Å². The van der Waals surface area contributed by atoms with E-state index in [4.69, 9.17) is 5.11 Å². The molecule has 3 heteroatoms. The van der Waals surface area contributed by atoms with E-state index in [-0.39, 0.29) is 24.0 Å². The van der Waals surface area contributed by atoms with E-state index in [1.54, 1.807) is 13.0 Å². The average Bonchev–Trinajstić information content (AvgIpc) is 2.12. The van der Waals surface area contributed by atoms with Gasteiger partial charge in [-0.15, -0.1) is 0 Å². The monoisotopic (exact) mass is 196 g/mol. The lowest BCUT2D eigenvalue weighted by Crippen LogP contribution is -1.96. The third kappa shape index (κ3) is 1.68. The van der Waals surface area contributed by atoms with Crippen LogP contribution in [0.25, 0.3) is 0 Å². The summed E-state index contributed by atoms with van der Waals surface area (Å²) in [6.07, 6.45) is 0. The van der Waals surface area contributed by atoms with Crippen LogP contribution in [-0.2, 0) is 6.61 Å². The van der Waals surface area contributed by atoms with Gasteiger partial charge in [0.2, 0.25) is 0 Å². The minimum absolute atomic E-state index is 0.0952. The highest BCUT2D eigenvalue weighted by Crippen LogP contribution is 2.36. The number of hydrogen-bond donors (Lipinski definition) is 3. The first-order valence-electron chi connectivity index (χ1n) is 4.64. The lowest BCUT2D eigenvalue weighted by molar-refractivity contribution is 0.273. The number of aromatic hydroxyl groups is 2. The molecule has 14 heavy (non-hydrogen) atoms. The summed E-state index contributed by atoms with van der Waals surface area (Å²) < 4.78 is 0. The second kappa shape index (κ2) is 3.88. The molecule has 0 amide bonds. The van der Waals surface area contributed by atoms with Crippen LogP contribution >= 0.6 is 0 Å². The molecule has 0 aliphatic heterocycles. The van der Waals surface area contributed by atoms with E-state index in [2.05, 4.69) is 0 Å². The van der Waals surface area contributed by atoms with E-state index < -0.39 is 0 Å². The molecule has 1 aromatic rings. The zero-order valence-corrected chi connectivity index (χ0v) is 8.70. The Morgan fingerprint density at radius 3 is 2.29 bits per heavy atom. The van der Waals surface area contributed by atoms with Crippen LogP contribution < -0.4 is 0 Å². The number of aliphatic hydroxyl groups excluding tert-OH is 1. The molecule has 0 unspecified atom stereocenters. The summed E-state index contributed by atoms with van der Waals surface area (Å²) in [6, 6.07) is 1.55. The van der Waals surface area contributed by atoms with Crippen LogP contribution in [0.2, 0.25) is 0 Å².